The van der Waals surface area contributed by atoms with Crippen LogP contribution in [0.1, 0.15) is 22.4 Å². The fourth-order valence-corrected chi connectivity index (χ4v) is 2.21. The number of aromatic nitrogens is 2. The number of hydrogen-bond acceptors (Lipinski definition) is 3. The first-order valence-electron chi connectivity index (χ1n) is 6.11. The minimum atomic E-state index is 0.408. The first kappa shape index (κ1) is 13.5. The number of nitrogens with zero attached hydrogens (tertiary/aromatic N) is 2. The molecule has 0 saturated carbocycles. The zero-order chi connectivity index (χ0) is 14.0. The normalized spacial score (nSPS) is 10.5. The molecule has 0 aliphatic heterocycles. The Bertz CT molecular complexity index is 616. The van der Waals surface area contributed by atoms with E-state index in [2.05, 4.69) is 16.5 Å². The van der Waals surface area contributed by atoms with Crippen molar-refractivity contribution in [1.29, 1.82) is 0 Å². The Kier molecular flexibility index (Phi) is 3.85. The second-order valence-corrected chi connectivity index (χ2v) is 5.12. The van der Waals surface area contributed by atoms with E-state index in [0.717, 1.165) is 22.5 Å². The van der Waals surface area contributed by atoms with Gasteiger partial charge in [-0.1, -0.05) is 18.3 Å². The number of rotatable bonds is 4. The topological polar surface area (TPSA) is 55.9 Å². The lowest BCUT2D eigenvalue weighted by Gasteiger charge is -2.11. The summed E-state index contributed by atoms with van der Waals surface area (Å²) in [6.07, 6.45) is 2.01. The molecule has 1 heterocycles. The van der Waals surface area contributed by atoms with Crippen LogP contribution in [0.25, 0.3) is 0 Å². The molecule has 1 aromatic heterocycles. The number of nitrogens with two attached hydrogens (primary N) is 1. The highest BCUT2D eigenvalue weighted by Gasteiger charge is 2.07. The Morgan fingerprint density at radius 3 is 2.74 bits per heavy atom. The van der Waals surface area contributed by atoms with Gasteiger partial charge in [0.25, 0.3) is 0 Å². The molecule has 0 aliphatic rings. The molecule has 2 rings (SSSR count). The van der Waals surface area contributed by atoms with Gasteiger partial charge in [-0.2, -0.15) is 5.10 Å². The van der Waals surface area contributed by atoms with E-state index >= 15 is 0 Å². The van der Waals surface area contributed by atoms with Crippen molar-refractivity contribution in [2.75, 3.05) is 5.32 Å². The summed E-state index contributed by atoms with van der Waals surface area (Å²) in [7, 11) is 1.92. The molecular formula is C14H18N4S. The van der Waals surface area contributed by atoms with Gasteiger partial charge in [-0.25, -0.2) is 0 Å². The molecule has 19 heavy (non-hydrogen) atoms. The maximum absolute atomic E-state index is 5.74. The number of thiocarbonyl (C=S) groups is 1. The van der Waals surface area contributed by atoms with E-state index in [4.69, 9.17) is 18.0 Å². The number of hydrogen-bond donors (Lipinski definition) is 2. The molecule has 0 bridgehead atoms. The van der Waals surface area contributed by atoms with Gasteiger partial charge in [0.05, 0.1) is 5.69 Å². The van der Waals surface area contributed by atoms with Gasteiger partial charge in [-0.3, -0.25) is 4.68 Å². The summed E-state index contributed by atoms with van der Waals surface area (Å²) in [4.78, 5) is 0.408. The van der Waals surface area contributed by atoms with Crippen molar-refractivity contribution in [2.24, 2.45) is 12.8 Å². The van der Waals surface area contributed by atoms with Crippen LogP contribution in [0.2, 0.25) is 0 Å². The molecule has 5 heteroatoms. The van der Waals surface area contributed by atoms with Gasteiger partial charge in [0, 0.05) is 36.6 Å². The van der Waals surface area contributed by atoms with Gasteiger partial charge >= 0.3 is 0 Å². The minimum absolute atomic E-state index is 0.408. The number of aryl methyl sites for hydroxylation is 3. The van der Waals surface area contributed by atoms with Crippen LogP contribution < -0.4 is 11.1 Å². The van der Waals surface area contributed by atoms with Crippen LogP contribution in [0.5, 0.6) is 0 Å². The molecule has 100 valence electrons. The fourth-order valence-electron chi connectivity index (χ4n) is 2.03. The lowest BCUT2D eigenvalue weighted by Crippen LogP contribution is -2.13. The van der Waals surface area contributed by atoms with Crippen LogP contribution in [-0.4, -0.2) is 14.8 Å². The third kappa shape index (κ3) is 3.12. The summed E-state index contributed by atoms with van der Waals surface area (Å²) in [5.41, 5.74) is 11.0. The first-order chi connectivity index (χ1) is 8.97. The standard InChI is InChI=1S/C14H18N4S/c1-9-4-5-12(14(15)19)13(6-9)16-7-11-8-18(3)17-10(11)2/h4-6,8,16H,7H2,1-3H3,(H2,15,19). The second kappa shape index (κ2) is 5.40. The molecule has 0 aliphatic carbocycles. The molecule has 3 N–H and O–H groups in total. The van der Waals surface area contributed by atoms with E-state index in [0.29, 0.717) is 11.5 Å². The van der Waals surface area contributed by atoms with Gasteiger partial charge < -0.3 is 11.1 Å². The molecule has 0 saturated heterocycles. The van der Waals surface area contributed by atoms with E-state index in [1.807, 2.05) is 43.9 Å². The molecule has 2 aromatic rings. The minimum Gasteiger partial charge on any atom is -0.389 e. The maximum Gasteiger partial charge on any atom is 0.106 e. The van der Waals surface area contributed by atoms with Crippen LogP contribution in [0.3, 0.4) is 0 Å². The van der Waals surface area contributed by atoms with Crippen LogP contribution >= 0.6 is 12.2 Å². The molecule has 0 spiro atoms. The Hall–Kier alpha value is -1.88. The van der Waals surface area contributed by atoms with Gasteiger partial charge in [0.2, 0.25) is 0 Å². The highest BCUT2D eigenvalue weighted by atomic mass is 32.1. The first-order valence-corrected chi connectivity index (χ1v) is 6.51. The summed E-state index contributed by atoms with van der Waals surface area (Å²) < 4.78 is 1.82. The van der Waals surface area contributed by atoms with Crippen LogP contribution in [-0.2, 0) is 13.6 Å². The maximum atomic E-state index is 5.74. The lowest BCUT2D eigenvalue weighted by atomic mass is 10.1. The summed E-state index contributed by atoms with van der Waals surface area (Å²) in [6, 6.07) is 6.02. The molecule has 0 fully saturated rings. The summed E-state index contributed by atoms with van der Waals surface area (Å²) in [5.74, 6) is 0. The van der Waals surface area contributed by atoms with Crippen molar-refractivity contribution >= 4 is 22.9 Å². The molecule has 0 amide bonds. The van der Waals surface area contributed by atoms with Crippen molar-refractivity contribution in [2.45, 2.75) is 20.4 Å². The monoisotopic (exact) mass is 274 g/mol. The molecule has 4 nitrogen and oxygen atoms in total. The lowest BCUT2D eigenvalue weighted by molar-refractivity contribution is 0.756. The predicted octanol–water partition coefficient (Wildman–Crippen LogP) is 2.28. The molecule has 0 atom stereocenters. The zero-order valence-electron chi connectivity index (χ0n) is 11.4. The Labute approximate surface area is 118 Å². The van der Waals surface area contributed by atoms with Gasteiger partial charge in [0.15, 0.2) is 0 Å². The molecular weight excluding hydrogens is 256 g/mol. The van der Waals surface area contributed by atoms with Crippen molar-refractivity contribution in [3.05, 3.63) is 46.8 Å². The number of anilines is 1. The SMILES string of the molecule is Cc1ccc(C(N)=S)c(NCc2cn(C)nc2C)c1. The molecule has 1 aromatic carbocycles. The summed E-state index contributed by atoms with van der Waals surface area (Å²) in [5, 5.41) is 7.71. The van der Waals surface area contributed by atoms with Gasteiger partial charge in [-0.15, -0.1) is 0 Å². The molecule has 0 radical (unpaired) electrons. The van der Waals surface area contributed by atoms with E-state index in [9.17, 15) is 0 Å². The van der Waals surface area contributed by atoms with E-state index in [-0.39, 0.29) is 0 Å². The highest BCUT2D eigenvalue weighted by Crippen LogP contribution is 2.19. The van der Waals surface area contributed by atoms with Gasteiger partial charge in [0.1, 0.15) is 4.99 Å². The fraction of sp³-hybridized carbons (Fsp3) is 0.286. The third-order valence-corrected chi connectivity index (χ3v) is 3.24. The van der Waals surface area contributed by atoms with Gasteiger partial charge in [-0.05, 0) is 31.5 Å². The van der Waals surface area contributed by atoms with Crippen molar-refractivity contribution in [1.82, 2.24) is 9.78 Å². The van der Waals surface area contributed by atoms with E-state index in [1.54, 1.807) is 0 Å². The van der Waals surface area contributed by atoms with Crippen LogP contribution in [0.15, 0.2) is 24.4 Å². The average molecular weight is 274 g/mol. The number of benzene rings is 1. The van der Waals surface area contributed by atoms with E-state index in [1.165, 1.54) is 5.56 Å². The summed E-state index contributed by atoms with van der Waals surface area (Å²) >= 11 is 5.07. The van der Waals surface area contributed by atoms with Crippen molar-refractivity contribution in [3.63, 3.8) is 0 Å². The second-order valence-electron chi connectivity index (χ2n) is 4.68. The van der Waals surface area contributed by atoms with Crippen molar-refractivity contribution in [3.8, 4) is 0 Å². The number of nitrogens with one attached hydrogen (secondary N) is 1. The third-order valence-electron chi connectivity index (χ3n) is 3.02. The average Bonchev–Trinajstić information content (AvgIpc) is 2.65. The Morgan fingerprint density at radius 1 is 1.42 bits per heavy atom. The zero-order valence-corrected chi connectivity index (χ0v) is 12.2. The predicted molar refractivity (Wildman–Crippen MR) is 82.3 cm³/mol. The van der Waals surface area contributed by atoms with Crippen LogP contribution in [0.4, 0.5) is 5.69 Å². The summed E-state index contributed by atoms with van der Waals surface area (Å²) in [6.45, 7) is 4.75. The van der Waals surface area contributed by atoms with Crippen LogP contribution in [0, 0.1) is 13.8 Å². The van der Waals surface area contributed by atoms with Crippen molar-refractivity contribution < 1.29 is 0 Å². The smallest absolute Gasteiger partial charge is 0.106 e. The quantitative estimate of drug-likeness (QED) is 0.840. The Balaban J connectivity index is 2.21. The molecule has 0 unspecified atom stereocenters. The van der Waals surface area contributed by atoms with E-state index < -0.39 is 0 Å². The largest absolute Gasteiger partial charge is 0.389 e. The Morgan fingerprint density at radius 2 is 2.16 bits per heavy atom. The highest BCUT2D eigenvalue weighted by molar-refractivity contribution is 7.80.